The standard InChI is InChI=1S/C19H21N3O2S/c1-22-15-6-4-14(12-13(15)5-7-16(22)23)17(24)21-19(8-2-3-9-19)18-20-10-11-25-18/h4,6,10-12H,2-3,5,7-9H2,1H3,(H,21,24). The van der Waals surface area contributed by atoms with Crippen LogP contribution in [0.4, 0.5) is 5.69 Å². The number of aryl methyl sites for hydroxylation is 1. The largest absolute Gasteiger partial charge is 0.340 e. The van der Waals surface area contributed by atoms with Crippen LogP contribution in [0.1, 0.15) is 53.0 Å². The Labute approximate surface area is 151 Å². The van der Waals surface area contributed by atoms with Gasteiger partial charge >= 0.3 is 0 Å². The number of aromatic nitrogens is 1. The van der Waals surface area contributed by atoms with Gasteiger partial charge in [-0.15, -0.1) is 11.3 Å². The van der Waals surface area contributed by atoms with Crippen LogP contribution in [0.3, 0.4) is 0 Å². The molecule has 0 radical (unpaired) electrons. The second-order valence-electron chi connectivity index (χ2n) is 6.88. The number of hydrogen-bond acceptors (Lipinski definition) is 4. The van der Waals surface area contributed by atoms with E-state index >= 15 is 0 Å². The number of amides is 2. The monoisotopic (exact) mass is 355 g/mol. The molecule has 2 aliphatic rings. The Morgan fingerprint density at radius 2 is 2.08 bits per heavy atom. The first kappa shape index (κ1) is 16.3. The average molecular weight is 355 g/mol. The lowest BCUT2D eigenvalue weighted by Crippen LogP contribution is -2.43. The molecule has 2 amide bonds. The summed E-state index contributed by atoms with van der Waals surface area (Å²) in [4.78, 5) is 30.9. The number of hydrogen-bond donors (Lipinski definition) is 1. The number of benzene rings is 1. The fourth-order valence-corrected chi connectivity index (χ4v) is 4.77. The lowest BCUT2D eigenvalue weighted by molar-refractivity contribution is -0.118. The van der Waals surface area contributed by atoms with Gasteiger partial charge in [0.05, 0.1) is 5.54 Å². The van der Waals surface area contributed by atoms with Crippen molar-refractivity contribution in [2.75, 3.05) is 11.9 Å². The SMILES string of the molecule is CN1C(=O)CCc2cc(C(=O)NC3(c4nccs4)CCCC3)ccc21. The van der Waals surface area contributed by atoms with E-state index in [1.165, 1.54) is 0 Å². The first-order valence-corrected chi connectivity index (χ1v) is 9.59. The highest BCUT2D eigenvalue weighted by atomic mass is 32.1. The van der Waals surface area contributed by atoms with Crippen molar-refractivity contribution in [3.8, 4) is 0 Å². The molecule has 6 heteroatoms. The van der Waals surface area contributed by atoms with Gasteiger partial charge in [0.15, 0.2) is 0 Å². The van der Waals surface area contributed by atoms with E-state index in [1.54, 1.807) is 29.5 Å². The highest BCUT2D eigenvalue weighted by molar-refractivity contribution is 7.09. The summed E-state index contributed by atoms with van der Waals surface area (Å²) in [5, 5.41) is 6.23. The molecule has 5 nitrogen and oxygen atoms in total. The summed E-state index contributed by atoms with van der Waals surface area (Å²) in [6, 6.07) is 5.62. The van der Waals surface area contributed by atoms with Crippen LogP contribution < -0.4 is 10.2 Å². The topological polar surface area (TPSA) is 62.3 Å². The van der Waals surface area contributed by atoms with Gasteiger partial charge in [0, 0.05) is 36.3 Å². The van der Waals surface area contributed by atoms with Crippen LogP contribution >= 0.6 is 11.3 Å². The molecule has 2 aromatic rings. The highest BCUT2D eigenvalue weighted by Crippen LogP contribution is 2.40. The molecule has 0 unspecified atom stereocenters. The van der Waals surface area contributed by atoms with Crippen molar-refractivity contribution in [1.29, 1.82) is 0 Å². The van der Waals surface area contributed by atoms with Crippen LogP contribution in [0, 0.1) is 0 Å². The van der Waals surface area contributed by atoms with Gasteiger partial charge in [-0.2, -0.15) is 0 Å². The summed E-state index contributed by atoms with van der Waals surface area (Å²) in [5.41, 5.74) is 2.30. The molecule has 0 saturated heterocycles. The zero-order chi connectivity index (χ0) is 17.4. The number of carbonyl (C=O) groups excluding carboxylic acids is 2. The van der Waals surface area contributed by atoms with Crippen LogP contribution in [-0.4, -0.2) is 23.8 Å². The molecule has 4 rings (SSSR count). The maximum absolute atomic E-state index is 12.9. The van der Waals surface area contributed by atoms with Gasteiger partial charge < -0.3 is 10.2 Å². The first-order chi connectivity index (χ1) is 12.1. The Bertz CT molecular complexity index is 810. The van der Waals surface area contributed by atoms with Crippen molar-refractivity contribution in [3.05, 3.63) is 45.9 Å². The Hall–Kier alpha value is -2.21. The lowest BCUT2D eigenvalue weighted by atomic mass is 9.96. The van der Waals surface area contributed by atoms with E-state index in [0.29, 0.717) is 18.4 Å². The van der Waals surface area contributed by atoms with Crippen molar-refractivity contribution >= 4 is 28.8 Å². The van der Waals surface area contributed by atoms with Crippen LogP contribution in [0.2, 0.25) is 0 Å². The summed E-state index contributed by atoms with van der Waals surface area (Å²) in [7, 11) is 1.79. The first-order valence-electron chi connectivity index (χ1n) is 8.71. The molecular formula is C19H21N3O2S. The second-order valence-corrected chi connectivity index (χ2v) is 7.77. The molecule has 0 spiro atoms. The lowest BCUT2D eigenvalue weighted by Gasteiger charge is -2.29. The van der Waals surface area contributed by atoms with E-state index in [1.807, 2.05) is 23.6 Å². The highest BCUT2D eigenvalue weighted by Gasteiger charge is 2.39. The minimum Gasteiger partial charge on any atom is -0.340 e. The molecule has 1 saturated carbocycles. The Morgan fingerprint density at radius 3 is 2.80 bits per heavy atom. The third-order valence-corrected chi connectivity index (χ3v) is 6.31. The third-order valence-electron chi connectivity index (χ3n) is 5.34. The van der Waals surface area contributed by atoms with Crippen LogP contribution in [0.5, 0.6) is 0 Å². The molecule has 1 N–H and O–H groups in total. The zero-order valence-electron chi connectivity index (χ0n) is 14.2. The van der Waals surface area contributed by atoms with E-state index in [9.17, 15) is 9.59 Å². The average Bonchev–Trinajstić information content (AvgIpc) is 3.30. The maximum atomic E-state index is 12.9. The second kappa shape index (κ2) is 6.26. The number of anilines is 1. The molecular weight excluding hydrogens is 334 g/mol. The summed E-state index contributed by atoms with van der Waals surface area (Å²) in [6.07, 6.45) is 7.09. The molecule has 25 heavy (non-hydrogen) atoms. The fraction of sp³-hybridized carbons (Fsp3) is 0.421. The normalized spacial score (nSPS) is 18.9. The van der Waals surface area contributed by atoms with Crippen LogP contribution in [-0.2, 0) is 16.8 Å². The van der Waals surface area contributed by atoms with Gasteiger partial charge in [0.25, 0.3) is 5.91 Å². The van der Waals surface area contributed by atoms with E-state index < -0.39 is 0 Å². The van der Waals surface area contributed by atoms with Crippen molar-refractivity contribution < 1.29 is 9.59 Å². The molecule has 130 valence electrons. The van der Waals surface area contributed by atoms with Crippen molar-refractivity contribution in [1.82, 2.24) is 10.3 Å². The van der Waals surface area contributed by atoms with Gasteiger partial charge in [0.2, 0.25) is 5.91 Å². The van der Waals surface area contributed by atoms with E-state index in [2.05, 4.69) is 10.3 Å². The molecule has 0 bridgehead atoms. The molecule has 0 atom stereocenters. The number of carbonyl (C=O) groups is 2. The molecule has 1 aromatic carbocycles. The minimum absolute atomic E-state index is 0.0561. The maximum Gasteiger partial charge on any atom is 0.252 e. The van der Waals surface area contributed by atoms with Gasteiger partial charge in [-0.05, 0) is 43.0 Å². The van der Waals surface area contributed by atoms with Gasteiger partial charge in [-0.3, -0.25) is 9.59 Å². The number of rotatable bonds is 3. The molecule has 2 heterocycles. The van der Waals surface area contributed by atoms with Crippen LogP contribution in [0.25, 0.3) is 0 Å². The van der Waals surface area contributed by atoms with Gasteiger partial charge in [-0.1, -0.05) is 12.8 Å². The quantitative estimate of drug-likeness (QED) is 0.919. The molecule has 1 aliphatic heterocycles. The summed E-state index contributed by atoms with van der Waals surface area (Å²) >= 11 is 1.61. The van der Waals surface area contributed by atoms with E-state index in [4.69, 9.17) is 0 Å². The molecule has 1 aromatic heterocycles. The van der Waals surface area contributed by atoms with Crippen molar-refractivity contribution in [3.63, 3.8) is 0 Å². The molecule has 1 fully saturated rings. The van der Waals surface area contributed by atoms with Crippen molar-refractivity contribution in [2.45, 2.75) is 44.1 Å². The van der Waals surface area contributed by atoms with Gasteiger partial charge in [-0.25, -0.2) is 4.98 Å². The Morgan fingerprint density at radius 1 is 1.28 bits per heavy atom. The predicted molar refractivity (Wildman–Crippen MR) is 97.9 cm³/mol. The summed E-state index contributed by atoms with van der Waals surface area (Å²) in [5.74, 6) is 0.0674. The van der Waals surface area contributed by atoms with Crippen LogP contribution in [0.15, 0.2) is 29.8 Å². The number of fused-ring (bicyclic) bond motifs is 1. The van der Waals surface area contributed by atoms with E-state index in [0.717, 1.165) is 41.9 Å². The third kappa shape index (κ3) is 2.84. The number of nitrogens with zero attached hydrogens (tertiary/aromatic N) is 2. The minimum atomic E-state index is -0.325. The van der Waals surface area contributed by atoms with Crippen molar-refractivity contribution in [2.24, 2.45) is 0 Å². The van der Waals surface area contributed by atoms with E-state index in [-0.39, 0.29) is 17.4 Å². The number of thiazole rings is 1. The number of nitrogens with one attached hydrogen (secondary N) is 1. The Balaban J connectivity index is 1.60. The fourth-order valence-electron chi connectivity index (χ4n) is 3.92. The molecule has 1 aliphatic carbocycles. The summed E-state index contributed by atoms with van der Waals surface area (Å²) < 4.78 is 0. The summed E-state index contributed by atoms with van der Waals surface area (Å²) in [6.45, 7) is 0. The van der Waals surface area contributed by atoms with Gasteiger partial charge in [0.1, 0.15) is 5.01 Å². The Kier molecular flexibility index (Phi) is 4.07. The predicted octanol–water partition coefficient (Wildman–Crippen LogP) is 3.25. The smallest absolute Gasteiger partial charge is 0.252 e. The zero-order valence-corrected chi connectivity index (χ0v) is 15.1.